The molecule has 0 spiro atoms. The summed E-state index contributed by atoms with van der Waals surface area (Å²) in [6.45, 7) is 3.52. The predicted molar refractivity (Wildman–Crippen MR) is 58.4 cm³/mol. The quantitative estimate of drug-likeness (QED) is 0.790. The van der Waals surface area contributed by atoms with Crippen LogP contribution in [0.25, 0.3) is 11.0 Å². The number of phenols is 1. The summed E-state index contributed by atoms with van der Waals surface area (Å²) in [5, 5.41) is 10.0. The molecule has 0 fully saturated rings. The topological polar surface area (TPSA) is 59.7 Å². The molecule has 0 saturated carbocycles. The van der Waals surface area contributed by atoms with E-state index in [1.54, 1.807) is 26.0 Å². The highest BCUT2D eigenvalue weighted by atomic mass is 16.6. The Kier molecular flexibility index (Phi) is 2.56. The molecule has 2 rings (SSSR count). The first-order chi connectivity index (χ1) is 7.58. The SMILES string of the molecule is CC(C)OC(=O)c1cc2c(O)cccc2o1. The molecular weight excluding hydrogens is 208 g/mol. The average Bonchev–Trinajstić information content (AvgIpc) is 2.61. The minimum Gasteiger partial charge on any atom is -0.507 e. The van der Waals surface area contributed by atoms with Gasteiger partial charge in [0.1, 0.15) is 11.3 Å². The lowest BCUT2D eigenvalue weighted by Crippen LogP contribution is -2.10. The number of fused-ring (bicyclic) bond motifs is 1. The van der Waals surface area contributed by atoms with Gasteiger partial charge in [-0.1, -0.05) is 6.07 Å². The fourth-order valence-electron chi connectivity index (χ4n) is 1.42. The van der Waals surface area contributed by atoms with Crippen LogP contribution in [0.3, 0.4) is 0 Å². The molecule has 1 aromatic carbocycles. The largest absolute Gasteiger partial charge is 0.507 e. The molecule has 4 nitrogen and oxygen atoms in total. The molecule has 0 aliphatic rings. The summed E-state index contributed by atoms with van der Waals surface area (Å²) in [7, 11) is 0. The number of carbonyl (C=O) groups is 1. The first-order valence-electron chi connectivity index (χ1n) is 5.00. The van der Waals surface area contributed by atoms with Crippen molar-refractivity contribution in [3.8, 4) is 5.75 Å². The number of benzene rings is 1. The van der Waals surface area contributed by atoms with Crippen LogP contribution < -0.4 is 0 Å². The second-order valence-corrected chi connectivity index (χ2v) is 3.75. The molecule has 0 aliphatic carbocycles. The maximum Gasteiger partial charge on any atom is 0.374 e. The van der Waals surface area contributed by atoms with Gasteiger partial charge in [0, 0.05) is 6.07 Å². The van der Waals surface area contributed by atoms with Gasteiger partial charge in [0.25, 0.3) is 0 Å². The van der Waals surface area contributed by atoms with Gasteiger partial charge in [-0.05, 0) is 26.0 Å². The molecule has 0 radical (unpaired) electrons. The Labute approximate surface area is 92.4 Å². The van der Waals surface area contributed by atoms with E-state index in [0.29, 0.717) is 11.0 Å². The molecule has 0 aliphatic heterocycles. The lowest BCUT2D eigenvalue weighted by molar-refractivity contribution is 0.0344. The molecule has 16 heavy (non-hydrogen) atoms. The Morgan fingerprint density at radius 2 is 2.19 bits per heavy atom. The van der Waals surface area contributed by atoms with Crippen molar-refractivity contribution in [1.82, 2.24) is 0 Å². The maximum atomic E-state index is 11.5. The Bertz CT molecular complexity index is 525. The summed E-state index contributed by atoms with van der Waals surface area (Å²) in [6.07, 6.45) is -0.200. The van der Waals surface area contributed by atoms with Crippen LogP contribution in [-0.4, -0.2) is 17.2 Å². The third-order valence-corrected chi connectivity index (χ3v) is 2.08. The molecule has 0 atom stereocenters. The third-order valence-electron chi connectivity index (χ3n) is 2.08. The lowest BCUT2D eigenvalue weighted by Gasteiger charge is -2.04. The zero-order chi connectivity index (χ0) is 11.7. The summed E-state index contributed by atoms with van der Waals surface area (Å²) >= 11 is 0. The van der Waals surface area contributed by atoms with E-state index in [-0.39, 0.29) is 17.6 Å². The predicted octanol–water partition coefficient (Wildman–Crippen LogP) is 2.70. The first kappa shape index (κ1) is 10.5. The molecule has 1 heterocycles. The number of esters is 1. The number of hydrogen-bond donors (Lipinski definition) is 1. The smallest absolute Gasteiger partial charge is 0.374 e. The van der Waals surface area contributed by atoms with Crippen molar-refractivity contribution in [2.24, 2.45) is 0 Å². The number of ether oxygens (including phenoxy) is 1. The molecule has 1 aromatic heterocycles. The van der Waals surface area contributed by atoms with E-state index in [2.05, 4.69) is 0 Å². The van der Waals surface area contributed by atoms with Gasteiger partial charge >= 0.3 is 5.97 Å². The van der Waals surface area contributed by atoms with Crippen molar-refractivity contribution < 1.29 is 19.1 Å². The van der Waals surface area contributed by atoms with Crippen molar-refractivity contribution in [3.05, 3.63) is 30.0 Å². The zero-order valence-corrected chi connectivity index (χ0v) is 9.06. The van der Waals surface area contributed by atoms with Crippen LogP contribution in [-0.2, 0) is 4.74 Å². The van der Waals surface area contributed by atoms with E-state index in [0.717, 1.165) is 0 Å². The second kappa shape index (κ2) is 3.89. The van der Waals surface area contributed by atoms with E-state index in [9.17, 15) is 9.90 Å². The molecule has 0 unspecified atom stereocenters. The minimum absolute atomic E-state index is 0.0878. The van der Waals surface area contributed by atoms with Crippen molar-refractivity contribution in [2.75, 3.05) is 0 Å². The highest BCUT2D eigenvalue weighted by Crippen LogP contribution is 2.27. The van der Waals surface area contributed by atoms with Crippen molar-refractivity contribution in [3.63, 3.8) is 0 Å². The van der Waals surface area contributed by atoms with E-state index in [1.807, 2.05) is 0 Å². The third kappa shape index (κ3) is 1.86. The van der Waals surface area contributed by atoms with Crippen LogP contribution in [0.1, 0.15) is 24.4 Å². The normalized spacial score (nSPS) is 10.9. The Hall–Kier alpha value is -1.97. The monoisotopic (exact) mass is 220 g/mol. The summed E-state index contributed by atoms with van der Waals surface area (Å²) in [4.78, 5) is 11.5. The van der Waals surface area contributed by atoms with Crippen LogP contribution >= 0.6 is 0 Å². The number of phenolic OH excluding ortho intramolecular Hbond substituents is 1. The molecule has 1 N–H and O–H groups in total. The number of furan rings is 1. The van der Waals surface area contributed by atoms with Crippen LogP contribution in [0.4, 0.5) is 0 Å². The van der Waals surface area contributed by atoms with Crippen molar-refractivity contribution >= 4 is 16.9 Å². The Balaban J connectivity index is 2.40. The highest BCUT2D eigenvalue weighted by Gasteiger charge is 2.16. The number of rotatable bonds is 2. The number of hydrogen-bond acceptors (Lipinski definition) is 4. The fourth-order valence-corrected chi connectivity index (χ4v) is 1.42. The number of aromatic hydroxyl groups is 1. The summed E-state index contributed by atoms with van der Waals surface area (Å²) in [5.74, 6) is -0.333. The van der Waals surface area contributed by atoms with E-state index in [4.69, 9.17) is 9.15 Å². The minimum atomic E-state index is -0.523. The Morgan fingerprint density at radius 3 is 2.81 bits per heavy atom. The van der Waals surface area contributed by atoms with Gasteiger partial charge in [-0.3, -0.25) is 0 Å². The maximum absolute atomic E-state index is 11.5. The van der Waals surface area contributed by atoms with Crippen LogP contribution in [0.5, 0.6) is 5.75 Å². The van der Waals surface area contributed by atoms with Gasteiger partial charge < -0.3 is 14.3 Å². The molecule has 4 heteroatoms. The molecule has 2 aromatic rings. The van der Waals surface area contributed by atoms with Gasteiger partial charge in [-0.25, -0.2) is 4.79 Å². The molecule has 0 amide bonds. The van der Waals surface area contributed by atoms with Crippen LogP contribution in [0, 0.1) is 0 Å². The summed E-state index contributed by atoms with van der Waals surface area (Å²) < 4.78 is 10.3. The second-order valence-electron chi connectivity index (χ2n) is 3.75. The van der Waals surface area contributed by atoms with E-state index in [1.165, 1.54) is 12.1 Å². The molecule has 84 valence electrons. The van der Waals surface area contributed by atoms with Gasteiger partial charge in [-0.2, -0.15) is 0 Å². The van der Waals surface area contributed by atoms with Crippen molar-refractivity contribution in [2.45, 2.75) is 20.0 Å². The summed E-state index contributed by atoms with van der Waals surface area (Å²) in [5.41, 5.74) is 0.468. The van der Waals surface area contributed by atoms with Crippen LogP contribution in [0.2, 0.25) is 0 Å². The average molecular weight is 220 g/mol. The molecule has 0 bridgehead atoms. The van der Waals surface area contributed by atoms with E-state index >= 15 is 0 Å². The standard InChI is InChI=1S/C12H12O4/c1-7(2)15-12(14)11-6-8-9(13)4-3-5-10(8)16-11/h3-7,13H,1-2H3. The van der Waals surface area contributed by atoms with Gasteiger partial charge in [0.05, 0.1) is 11.5 Å². The van der Waals surface area contributed by atoms with Gasteiger partial charge in [0.2, 0.25) is 5.76 Å². The molecular formula is C12H12O4. The van der Waals surface area contributed by atoms with Gasteiger partial charge in [-0.15, -0.1) is 0 Å². The zero-order valence-electron chi connectivity index (χ0n) is 9.06. The Morgan fingerprint density at radius 1 is 1.44 bits per heavy atom. The molecule has 0 saturated heterocycles. The number of carbonyl (C=O) groups excluding carboxylic acids is 1. The van der Waals surface area contributed by atoms with Gasteiger partial charge in [0.15, 0.2) is 0 Å². The summed E-state index contributed by atoms with van der Waals surface area (Å²) in [6, 6.07) is 6.35. The van der Waals surface area contributed by atoms with Crippen LogP contribution in [0.15, 0.2) is 28.7 Å². The lowest BCUT2D eigenvalue weighted by atomic mass is 10.2. The highest BCUT2D eigenvalue weighted by molar-refractivity contribution is 5.94. The van der Waals surface area contributed by atoms with E-state index < -0.39 is 5.97 Å². The first-order valence-corrected chi connectivity index (χ1v) is 5.00. The fraction of sp³-hybridized carbons (Fsp3) is 0.250. The van der Waals surface area contributed by atoms with Crippen molar-refractivity contribution in [1.29, 1.82) is 0 Å².